The minimum Gasteiger partial charge on any atom is -0.340 e. The Labute approximate surface area is 187 Å². The molecule has 1 aromatic carbocycles. The van der Waals surface area contributed by atoms with Crippen LogP contribution in [0.4, 0.5) is 0 Å². The van der Waals surface area contributed by atoms with Gasteiger partial charge in [-0.3, -0.25) is 9.59 Å². The van der Waals surface area contributed by atoms with Gasteiger partial charge in [0.05, 0.1) is 0 Å². The quantitative estimate of drug-likeness (QED) is 0.716. The second-order valence-corrected chi connectivity index (χ2v) is 9.53. The molecule has 0 aliphatic carbocycles. The lowest BCUT2D eigenvalue weighted by molar-refractivity contribution is -0.132. The summed E-state index contributed by atoms with van der Waals surface area (Å²) >= 11 is 0. The van der Waals surface area contributed by atoms with E-state index in [4.69, 9.17) is 0 Å². The molecule has 1 N–H and O–H groups in total. The van der Waals surface area contributed by atoms with Crippen molar-refractivity contribution < 1.29 is 13.2 Å². The van der Waals surface area contributed by atoms with Crippen molar-refractivity contribution in [1.82, 2.24) is 14.2 Å². The van der Waals surface area contributed by atoms with Gasteiger partial charge in [0.25, 0.3) is 5.56 Å². The molecule has 0 unspecified atom stereocenters. The molecule has 1 fully saturated rings. The summed E-state index contributed by atoms with van der Waals surface area (Å²) in [5, 5.41) is 10.4. The lowest BCUT2D eigenvalue weighted by Crippen LogP contribution is -2.50. The van der Waals surface area contributed by atoms with Gasteiger partial charge in [-0.15, -0.1) is 0 Å². The van der Waals surface area contributed by atoms with E-state index >= 15 is 0 Å². The van der Waals surface area contributed by atoms with Crippen molar-refractivity contribution in [2.45, 2.75) is 26.7 Å². The molecule has 0 bridgehead atoms. The first-order valence-corrected chi connectivity index (χ1v) is 11.9. The highest BCUT2D eigenvalue weighted by atomic mass is 32.2. The number of benzene rings is 1. The zero-order valence-corrected chi connectivity index (χ0v) is 19.0. The smallest absolute Gasteiger partial charge is 0.266 e. The standard InChI is InChI=1S/C23H26N4O4S/c1-17-20(18(2)25-23(29)21(17)16-24)8-9-22(28)26-11-13-27(14-12-26)32(30,31)15-10-19-6-4-3-5-7-19/h3-7,10,15H,8-9,11-14H2,1-2H3,(H,25,29)/b15-10+. The van der Waals surface area contributed by atoms with Crippen molar-refractivity contribution in [3.63, 3.8) is 0 Å². The molecule has 2 heterocycles. The fourth-order valence-corrected chi connectivity index (χ4v) is 4.99. The molecular formula is C23H26N4O4S. The molecule has 168 valence electrons. The molecule has 3 rings (SSSR count). The number of nitrogens with one attached hydrogen (secondary N) is 1. The number of pyridine rings is 1. The van der Waals surface area contributed by atoms with Gasteiger partial charge in [-0.05, 0) is 43.0 Å². The Bertz CT molecular complexity index is 1220. The minimum atomic E-state index is -3.56. The van der Waals surface area contributed by atoms with Crippen LogP contribution in [0.1, 0.15) is 34.4 Å². The Morgan fingerprint density at radius 2 is 1.81 bits per heavy atom. The highest BCUT2D eigenvalue weighted by Crippen LogP contribution is 2.17. The van der Waals surface area contributed by atoms with E-state index in [0.717, 1.165) is 11.1 Å². The van der Waals surface area contributed by atoms with E-state index in [9.17, 15) is 23.3 Å². The molecule has 0 atom stereocenters. The number of nitriles is 1. The third-order valence-electron chi connectivity index (χ3n) is 5.69. The van der Waals surface area contributed by atoms with Crippen LogP contribution < -0.4 is 5.56 Å². The van der Waals surface area contributed by atoms with Gasteiger partial charge in [0.2, 0.25) is 15.9 Å². The molecule has 0 spiro atoms. The predicted molar refractivity (Wildman–Crippen MR) is 122 cm³/mol. The van der Waals surface area contributed by atoms with Gasteiger partial charge in [-0.2, -0.15) is 9.57 Å². The molecule has 0 radical (unpaired) electrons. The molecule has 9 heteroatoms. The number of hydrogen-bond acceptors (Lipinski definition) is 5. The number of piperazine rings is 1. The molecule has 8 nitrogen and oxygen atoms in total. The van der Waals surface area contributed by atoms with E-state index in [2.05, 4.69) is 4.98 Å². The Morgan fingerprint density at radius 3 is 2.44 bits per heavy atom. The lowest BCUT2D eigenvalue weighted by atomic mass is 9.99. The first-order chi connectivity index (χ1) is 15.2. The maximum atomic E-state index is 12.7. The van der Waals surface area contributed by atoms with E-state index in [1.54, 1.807) is 24.8 Å². The fourth-order valence-electron chi connectivity index (χ4n) is 3.82. The summed E-state index contributed by atoms with van der Waals surface area (Å²) in [6.45, 7) is 4.59. The number of rotatable bonds is 6. The van der Waals surface area contributed by atoms with Crippen LogP contribution in [0.25, 0.3) is 6.08 Å². The number of H-pyrrole nitrogens is 1. The van der Waals surface area contributed by atoms with Gasteiger partial charge in [0.1, 0.15) is 11.6 Å². The molecule has 2 aromatic rings. The van der Waals surface area contributed by atoms with Crippen LogP contribution in [0.3, 0.4) is 0 Å². The number of carbonyl (C=O) groups excluding carboxylic acids is 1. The van der Waals surface area contributed by atoms with E-state index < -0.39 is 15.6 Å². The molecule has 1 saturated heterocycles. The predicted octanol–water partition coefficient (Wildman–Crippen LogP) is 1.94. The average Bonchev–Trinajstić information content (AvgIpc) is 2.78. The number of aromatic nitrogens is 1. The first kappa shape index (κ1) is 23.4. The van der Waals surface area contributed by atoms with Crippen LogP contribution in [0.5, 0.6) is 0 Å². The van der Waals surface area contributed by atoms with Gasteiger partial charge >= 0.3 is 0 Å². The first-order valence-electron chi connectivity index (χ1n) is 10.4. The van der Waals surface area contributed by atoms with Gasteiger partial charge in [0, 0.05) is 43.7 Å². The minimum absolute atomic E-state index is 0.0698. The number of aryl methyl sites for hydroxylation is 1. The zero-order valence-electron chi connectivity index (χ0n) is 18.2. The van der Waals surface area contributed by atoms with Crippen molar-refractivity contribution in [1.29, 1.82) is 5.26 Å². The van der Waals surface area contributed by atoms with Crippen molar-refractivity contribution in [2.24, 2.45) is 0 Å². The van der Waals surface area contributed by atoms with Crippen LogP contribution >= 0.6 is 0 Å². The van der Waals surface area contributed by atoms with Crippen LogP contribution in [0.15, 0.2) is 40.5 Å². The second kappa shape index (κ2) is 9.94. The largest absolute Gasteiger partial charge is 0.340 e. The Morgan fingerprint density at radius 1 is 1.16 bits per heavy atom. The molecule has 1 aliphatic heterocycles. The summed E-state index contributed by atoms with van der Waals surface area (Å²) in [6.07, 6.45) is 2.19. The Balaban J connectivity index is 1.58. The number of nitrogens with zero attached hydrogens (tertiary/aromatic N) is 3. The SMILES string of the molecule is Cc1[nH]c(=O)c(C#N)c(C)c1CCC(=O)N1CCN(S(=O)(=O)/C=C/c2ccccc2)CC1. The Hall–Kier alpha value is -3.22. The van der Waals surface area contributed by atoms with E-state index in [-0.39, 0.29) is 31.0 Å². The van der Waals surface area contributed by atoms with Crippen LogP contribution in [-0.2, 0) is 21.2 Å². The normalized spacial score (nSPS) is 15.1. The topological polar surface area (TPSA) is 114 Å². The van der Waals surface area contributed by atoms with E-state index in [0.29, 0.717) is 30.8 Å². The van der Waals surface area contributed by atoms with Crippen LogP contribution in [-0.4, -0.2) is 54.7 Å². The van der Waals surface area contributed by atoms with E-state index in [1.807, 2.05) is 36.4 Å². The molecule has 32 heavy (non-hydrogen) atoms. The van der Waals surface area contributed by atoms with Gasteiger partial charge in [-0.25, -0.2) is 8.42 Å². The van der Waals surface area contributed by atoms with Gasteiger partial charge in [-0.1, -0.05) is 30.3 Å². The summed E-state index contributed by atoms with van der Waals surface area (Å²) in [4.78, 5) is 28.9. The van der Waals surface area contributed by atoms with Crippen molar-refractivity contribution >= 4 is 22.0 Å². The number of aromatic amines is 1. The molecule has 0 saturated carbocycles. The van der Waals surface area contributed by atoms with Crippen LogP contribution in [0, 0.1) is 25.2 Å². The number of sulfonamides is 1. The highest BCUT2D eigenvalue weighted by molar-refractivity contribution is 7.92. The second-order valence-electron chi connectivity index (χ2n) is 7.71. The zero-order chi connectivity index (χ0) is 23.3. The third-order valence-corrected chi connectivity index (χ3v) is 7.26. The highest BCUT2D eigenvalue weighted by Gasteiger charge is 2.27. The molecular weight excluding hydrogens is 428 g/mol. The summed E-state index contributed by atoms with van der Waals surface area (Å²) in [5.74, 6) is -0.0783. The molecule has 1 aliphatic rings. The van der Waals surface area contributed by atoms with Crippen molar-refractivity contribution in [3.8, 4) is 6.07 Å². The maximum absolute atomic E-state index is 12.7. The average molecular weight is 455 g/mol. The summed E-state index contributed by atoms with van der Waals surface area (Å²) < 4.78 is 26.6. The molecule has 1 amide bonds. The number of hydrogen-bond donors (Lipinski definition) is 1. The van der Waals surface area contributed by atoms with E-state index in [1.165, 1.54) is 9.71 Å². The van der Waals surface area contributed by atoms with Crippen molar-refractivity contribution in [2.75, 3.05) is 26.2 Å². The Kier molecular flexibility index (Phi) is 7.28. The lowest BCUT2D eigenvalue weighted by Gasteiger charge is -2.33. The summed E-state index contributed by atoms with van der Waals surface area (Å²) in [6, 6.07) is 11.1. The summed E-state index contributed by atoms with van der Waals surface area (Å²) in [5.41, 5.74) is 2.50. The monoisotopic (exact) mass is 454 g/mol. The fraction of sp³-hybridized carbons (Fsp3) is 0.348. The third kappa shape index (κ3) is 5.33. The van der Waals surface area contributed by atoms with Crippen molar-refractivity contribution in [3.05, 3.63) is 74.0 Å². The van der Waals surface area contributed by atoms with Crippen LogP contribution in [0.2, 0.25) is 0 Å². The van der Waals surface area contributed by atoms with Gasteiger partial charge in [0.15, 0.2) is 0 Å². The molecule has 1 aromatic heterocycles. The number of carbonyl (C=O) groups is 1. The number of amides is 1. The summed E-state index contributed by atoms with van der Waals surface area (Å²) in [7, 11) is -3.56. The van der Waals surface area contributed by atoms with Gasteiger partial charge < -0.3 is 9.88 Å². The maximum Gasteiger partial charge on any atom is 0.266 e.